The van der Waals surface area contributed by atoms with Crippen LogP contribution in [0.1, 0.15) is 24.6 Å². The summed E-state index contributed by atoms with van der Waals surface area (Å²) in [7, 11) is 0. The Morgan fingerprint density at radius 2 is 2.35 bits per heavy atom. The quantitative estimate of drug-likeness (QED) is 0.738. The summed E-state index contributed by atoms with van der Waals surface area (Å²) in [5, 5.41) is 7.13. The van der Waals surface area contributed by atoms with Crippen molar-refractivity contribution in [2.75, 3.05) is 26.2 Å². The van der Waals surface area contributed by atoms with Crippen molar-refractivity contribution in [1.29, 1.82) is 0 Å². The van der Waals surface area contributed by atoms with Crippen LogP contribution in [0.2, 0.25) is 0 Å². The number of aromatic nitrogens is 2. The van der Waals surface area contributed by atoms with Crippen molar-refractivity contribution in [3.8, 4) is 0 Å². The second-order valence-electron chi connectivity index (χ2n) is 5.10. The zero-order chi connectivity index (χ0) is 12.0. The number of likely N-dealkylation sites (tertiary alicyclic amines) is 1. The van der Waals surface area contributed by atoms with E-state index in [9.17, 15) is 4.79 Å². The molecule has 1 spiro atoms. The van der Waals surface area contributed by atoms with E-state index >= 15 is 0 Å². The second kappa shape index (κ2) is 3.53. The fourth-order valence-corrected chi connectivity index (χ4v) is 2.81. The van der Waals surface area contributed by atoms with Gasteiger partial charge in [-0.1, -0.05) is 5.16 Å². The Morgan fingerprint density at radius 3 is 2.82 bits per heavy atom. The minimum Gasteiger partial charge on any atom is -0.341 e. The van der Waals surface area contributed by atoms with E-state index in [2.05, 4.69) is 15.5 Å². The zero-order valence-electron chi connectivity index (χ0n) is 10.1. The minimum absolute atomic E-state index is 0.102. The third kappa shape index (κ3) is 1.55. The van der Waals surface area contributed by atoms with Gasteiger partial charge in [-0.2, -0.15) is 4.98 Å². The van der Waals surface area contributed by atoms with Crippen LogP contribution < -0.4 is 5.32 Å². The Balaban J connectivity index is 1.90. The van der Waals surface area contributed by atoms with Crippen LogP contribution in [0.5, 0.6) is 0 Å². The molecule has 1 aromatic rings. The lowest BCUT2D eigenvalue weighted by atomic mass is 9.73. The van der Waals surface area contributed by atoms with Crippen molar-refractivity contribution in [3.05, 3.63) is 11.7 Å². The summed E-state index contributed by atoms with van der Waals surface area (Å²) >= 11 is 0. The molecule has 17 heavy (non-hydrogen) atoms. The van der Waals surface area contributed by atoms with Crippen molar-refractivity contribution in [1.82, 2.24) is 20.4 Å². The van der Waals surface area contributed by atoms with Gasteiger partial charge in [0.05, 0.1) is 5.92 Å². The predicted molar refractivity (Wildman–Crippen MR) is 59.3 cm³/mol. The van der Waals surface area contributed by atoms with Crippen molar-refractivity contribution in [3.63, 3.8) is 0 Å². The van der Waals surface area contributed by atoms with Crippen molar-refractivity contribution in [2.45, 2.75) is 19.8 Å². The minimum atomic E-state index is 0.102. The number of nitrogens with zero attached hydrogens (tertiary/aromatic N) is 3. The van der Waals surface area contributed by atoms with E-state index < -0.39 is 0 Å². The lowest BCUT2D eigenvalue weighted by Gasteiger charge is -2.42. The van der Waals surface area contributed by atoms with Crippen molar-refractivity contribution >= 4 is 5.91 Å². The lowest BCUT2D eigenvalue weighted by molar-refractivity contribution is -0.128. The Bertz CT molecular complexity index is 452. The van der Waals surface area contributed by atoms with Crippen LogP contribution in [0.4, 0.5) is 0 Å². The molecule has 1 atom stereocenters. The molecule has 1 amide bonds. The molecule has 1 unspecified atom stereocenters. The summed E-state index contributed by atoms with van der Waals surface area (Å²) in [6, 6.07) is 0. The third-order valence-electron chi connectivity index (χ3n) is 3.89. The van der Waals surface area contributed by atoms with Gasteiger partial charge in [0.1, 0.15) is 0 Å². The number of hydrogen-bond acceptors (Lipinski definition) is 5. The highest BCUT2D eigenvalue weighted by molar-refractivity contribution is 5.74. The molecular formula is C11H16N4O2. The number of hydrogen-bond donors (Lipinski definition) is 1. The maximum absolute atomic E-state index is 11.5. The molecule has 0 bridgehead atoms. The smallest absolute Gasteiger partial charge is 0.232 e. The van der Waals surface area contributed by atoms with Crippen LogP contribution in [-0.2, 0) is 4.79 Å². The first-order valence-electron chi connectivity index (χ1n) is 5.87. The topological polar surface area (TPSA) is 71.3 Å². The van der Waals surface area contributed by atoms with Crippen LogP contribution in [-0.4, -0.2) is 47.1 Å². The molecule has 2 aliphatic rings. The van der Waals surface area contributed by atoms with Gasteiger partial charge in [0.2, 0.25) is 11.8 Å². The van der Waals surface area contributed by atoms with E-state index in [-0.39, 0.29) is 17.2 Å². The highest BCUT2D eigenvalue weighted by Crippen LogP contribution is 2.44. The highest BCUT2D eigenvalue weighted by Gasteiger charge is 2.54. The monoisotopic (exact) mass is 236 g/mol. The summed E-state index contributed by atoms with van der Waals surface area (Å²) in [6.07, 6.45) is 0. The fraction of sp³-hybridized carbons (Fsp3) is 0.727. The Hall–Kier alpha value is -1.43. The first kappa shape index (κ1) is 10.7. The van der Waals surface area contributed by atoms with Crippen LogP contribution >= 0.6 is 0 Å². The molecule has 2 saturated heterocycles. The van der Waals surface area contributed by atoms with Gasteiger partial charge in [-0.3, -0.25) is 4.79 Å². The van der Waals surface area contributed by atoms with Crippen LogP contribution in [0.3, 0.4) is 0 Å². The normalized spacial score (nSPS) is 26.2. The number of amides is 1. The van der Waals surface area contributed by atoms with Crippen molar-refractivity contribution < 1.29 is 9.32 Å². The number of carbonyl (C=O) groups excluding carboxylic acids is 1. The van der Waals surface area contributed by atoms with E-state index in [4.69, 9.17) is 4.52 Å². The Kier molecular flexibility index (Phi) is 2.22. The molecule has 2 fully saturated rings. The van der Waals surface area contributed by atoms with Crippen LogP contribution in [0.15, 0.2) is 4.52 Å². The molecule has 0 saturated carbocycles. The van der Waals surface area contributed by atoms with Gasteiger partial charge < -0.3 is 14.7 Å². The van der Waals surface area contributed by atoms with Gasteiger partial charge in [-0.05, 0) is 6.92 Å². The molecule has 92 valence electrons. The maximum Gasteiger partial charge on any atom is 0.232 e. The van der Waals surface area contributed by atoms with Gasteiger partial charge in [0.15, 0.2) is 5.82 Å². The molecule has 0 aliphatic carbocycles. The molecule has 0 aromatic carbocycles. The third-order valence-corrected chi connectivity index (χ3v) is 3.89. The van der Waals surface area contributed by atoms with E-state index in [0.717, 1.165) is 19.6 Å². The molecule has 1 N–H and O–H groups in total. The average molecular weight is 236 g/mol. The van der Waals surface area contributed by atoms with Gasteiger partial charge >= 0.3 is 0 Å². The standard InChI is InChI=1S/C11H16N4O2/c1-7-13-10(17-14-7)9-3-15(8(2)16)6-11(9)4-12-5-11/h9,12H,3-6H2,1-2H3. The van der Waals surface area contributed by atoms with Crippen LogP contribution in [0, 0.1) is 12.3 Å². The van der Waals surface area contributed by atoms with Crippen LogP contribution in [0.25, 0.3) is 0 Å². The second-order valence-corrected chi connectivity index (χ2v) is 5.10. The summed E-state index contributed by atoms with van der Waals surface area (Å²) in [5.74, 6) is 1.63. The molecule has 0 radical (unpaired) electrons. The predicted octanol–water partition coefficient (Wildman–Crippen LogP) is -0.0867. The van der Waals surface area contributed by atoms with Crippen molar-refractivity contribution in [2.24, 2.45) is 5.41 Å². The van der Waals surface area contributed by atoms with E-state index in [1.54, 1.807) is 6.92 Å². The average Bonchev–Trinajstić information content (AvgIpc) is 2.79. The first-order valence-corrected chi connectivity index (χ1v) is 5.87. The van der Waals surface area contributed by atoms with Gasteiger partial charge in [-0.25, -0.2) is 0 Å². The van der Waals surface area contributed by atoms with E-state index in [1.807, 2.05) is 11.8 Å². The fourth-order valence-electron chi connectivity index (χ4n) is 2.81. The summed E-state index contributed by atoms with van der Waals surface area (Å²) in [5.41, 5.74) is 0.102. The Labute approximate surface area is 99.4 Å². The Morgan fingerprint density at radius 1 is 1.59 bits per heavy atom. The summed E-state index contributed by atoms with van der Waals surface area (Å²) in [6.45, 7) is 6.75. The van der Waals surface area contributed by atoms with Gasteiger partial charge in [0.25, 0.3) is 0 Å². The number of carbonyl (C=O) groups is 1. The number of rotatable bonds is 1. The van der Waals surface area contributed by atoms with E-state index in [1.165, 1.54) is 0 Å². The molecule has 3 heterocycles. The number of aryl methyl sites for hydroxylation is 1. The molecule has 2 aliphatic heterocycles. The molecule has 3 rings (SSSR count). The lowest BCUT2D eigenvalue weighted by Crippen LogP contribution is -2.57. The molecule has 6 heteroatoms. The summed E-state index contributed by atoms with van der Waals surface area (Å²) in [4.78, 5) is 17.7. The maximum atomic E-state index is 11.5. The van der Waals surface area contributed by atoms with Gasteiger partial charge in [0, 0.05) is 38.5 Å². The molecule has 1 aromatic heterocycles. The number of nitrogens with one attached hydrogen (secondary N) is 1. The molecular weight excluding hydrogens is 220 g/mol. The van der Waals surface area contributed by atoms with Gasteiger partial charge in [-0.15, -0.1) is 0 Å². The SMILES string of the molecule is CC(=O)N1CC(c2nc(C)no2)C2(CNC2)C1. The molecule has 6 nitrogen and oxygen atoms in total. The zero-order valence-corrected chi connectivity index (χ0v) is 10.1. The summed E-state index contributed by atoms with van der Waals surface area (Å²) < 4.78 is 5.28. The largest absolute Gasteiger partial charge is 0.341 e. The highest BCUT2D eigenvalue weighted by atomic mass is 16.5. The van der Waals surface area contributed by atoms with E-state index in [0.29, 0.717) is 18.3 Å². The first-order chi connectivity index (χ1) is 8.11.